The Hall–Kier alpha value is -2.84. The molecule has 2 aromatic carbocycles. The van der Waals surface area contributed by atoms with E-state index in [9.17, 15) is 14.4 Å². The van der Waals surface area contributed by atoms with Crippen LogP contribution in [-0.2, 0) is 17.9 Å². The van der Waals surface area contributed by atoms with Gasteiger partial charge in [-0.05, 0) is 56.1 Å². The van der Waals surface area contributed by atoms with Crippen LogP contribution in [0.5, 0.6) is 0 Å². The summed E-state index contributed by atoms with van der Waals surface area (Å²) in [6.45, 7) is 5.45. The van der Waals surface area contributed by atoms with Gasteiger partial charge in [0, 0.05) is 23.7 Å². The number of piperidine rings is 1. The summed E-state index contributed by atoms with van der Waals surface area (Å²) in [5.74, 6) is -0.195. The first-order chi connectivity index (χ1) is 15.9. The molecule has 0 radical (unpaired) electrons. The van der Waals surface area contributed by atoms with Gasteiger partial charge in [0.25, 0.3) is 11.8 Å². The van der Waals surface area contributed by atoms with Gasteiger partial charge >= 0.3 is 6.03 Å². The average molecular weight is 467 g/mol. The molecule has 1 atom stereocenters. The highest BCUT2D eigenvalue weighted by Crippen LogP contribution is 2.27. The van der Waals surface area contributed by atoms with Gasteiger partial charge in [-0.1, -0.05) is 42.8 Å². The number of urea groups is 1. The van der Waals surface area contributed by atoms with Crippen LogP contribution in [0.2, 0.25) is 0 Å². The zero-order chi connectivity index (χ0) is 23.3. The van der Waals surface area contributed by atoms with E-state index in [-0.39, 0.29) is 11.8 Å². The number of benzene rings is 2. The molecule has 4 rings (SSSR count). The summed E-state index contributed by atoms with van der Waals surface area (Å²) in [5, 5.41) is 7.91. The van der Waals surface area contributed by atoms with Crippen molar-refractivity contribution in [1.29, 1.82) is 0 Å². The molecule has 2 saturated heterocycles. The van der Waals surface area contributed by atoms with E-state index in [1.807, 2.05) is 18.2 Å². The highest BCUT2D eigenvalue weighted by Gasteiger charge is 2.41. The molecule has 0 saturated carbocycles. The van der Waals surface area contributed by atoms with Gasteiger partial charge in [-0.25, -0.2) is 4.79 Å². The lowest BCUT2D eigenvalue weighted by molar-refractivity contribution is -0.122. The lowest BCUT2D eigenvalue weighted by Gasteiger charge is -2.26. The second-order valence-electron chi connectivity index (χ2n) is 8.86. The van der Waals surface area contributed by atoms with Crippen LogP contribution in [0.25, 0.3) is 0 Å². The van der Waals surface area contributed by atoms with Gasteiger partial charge in [-0.3, -0.25) is 19.8 Å². The van der Waals surface area contributed by atoms with E-state index < -0.39 is 11.6 Å². The highest BCUT2D eigenvalue weighted by atomic mass is 32.2. The fourth-order valence-electron chi connectivity index (χ4n) is 4.10. The van der Waals surface area contributed by atoms with E-state index in [4.69, 9.17) is 0 Å². The molecule has 2 fully saturated rings. The maximum absolute atomic E-state index is 12.9. The molecule has 0 spiro atoms. The number of likely N-dealkylation sites (tertiary alicyclic amines) is 1. The standard InChI is InChI=1S/C25H30N4O3S/c1-25(23(31)27-24(32)28-25)17-33-21-8-4-3-7-20(21)22(30)26-15-18-9-11-19(12-10-18)16-29-13-5-2-6-14-29/h3-4,7-12H,2,5-6,13-17H2,1H3,(H,26,30)(H2,27,28,31,32). The van der Waals surface area contributed by atoms with Crippen molar-refractivity contribution >= 4 is 29.6 Å². The van der Waals surface area contributed by atoms with Gasteiger partial charge in [0.2, 0.25) is 0 Å². The van der Waals surface area contributed by atoms with Crippen molar-refractivity contribution < 1.29 is 14.4 Å². The van der Waals surface area contributed by atoms with Gasteiger partial charge in [0.1, 0.15) is 5.54 Å². The molecular formula is C25H30N4O3S. The molecule has 2 aliphatic heterocycles. The van der Waals surface area contributed by atoms with Crippen LogP contribution < -0.4 is 16.0 Å². The number of hydrogen-bond donors (Lipinski definition) is 3. The Labute approximate surface area is 198 Å². The van der Waals surface area contributed by atoms with Crippen LogP contribution in [0.15, 0.2) is 53.4 Å². The third-order valence-electron chi connectivity index (χ3n) is 6.10. The van der Waals surface area contributed by atoms with Crippen LogP contribution in [0.3, 0.4) is 0 Å². The maximum Gasteiger partial charge on any atom is 0.322 e. The van der Waals surface area contributed by atoms with Crippen molar-refractivity contribution in [1.82, 2.24) is 20.9 Å². The number of amides is 4. The number of rotatable bonds is 8. The molecule has 4 amide bonds. The molecule has 3 N–H and O–H groups in total. The molecule has 8 heteroatoms. The summed E-state index contributed by atoms with van der Waals surface area (Å²) in [5.41, 5.74) is 1.90. The molecular weight excluding hydrogens is 436 g/mol. The fraction of sp³-hybridized carbons (Fsp3) is 0.400. The number of nitrogens with one attached hydrogen (secondary N) is 3. The van der Waals surface area contributed by atoms with Crippen molar-refractivity contribution in [3.8, 4) is 0 Å². The minimum Gasteiger partial charge on any atom is -0.348 e. The SMILES string of the molecule is CC1(CSc2ccccc2C(=O)NCc2ccc(CN3CCCCC3)cc2)NC(=O)NC1=O. The highest BCUT2D eigenvalue weighted by molar-refractivity contribution is 7.99. The Morgan fingerprint density at radius 2 is 1.73 bits per heavy atom. The zero-order valence-electron chi connectivity index (χ0n) is 18.9. The monoisotopic (exact) mass is 466 g/mol. The van der Waals surface area contributed by atoms with Gasteiger partial charge in [0.15, 0.2) is 0 Å². The predicted octanol–water partition coefficient (Wildman–Crippen LogP) is 3.29. The molecule has 174 valence electrons. The summed E-state index contributed by atoms with van der Waals surface area (Å²) >= 11 is 1.38. The quantitative estimate of drug-likeness (QED) is 0.410. The molecule has 33 heavy (non-hydrogen) atoms. The van der Waals surface area contributed by atoms with Crippen LogP contribution in [0, 0.1) is 0 Å². The van der Waals surface area contributed by atoms with E-state index in [2.05, 4.69) is 45.1 Å². The second kappa shape index (κ2) is 10.4. The van der Waals surface area contributed by atoms with Crippen molar-refractivity contribution in [2.75, 3.05) is 18.8 Å². The zero-order valence-corrected chi connectivity index (χ0v) is 19.7. The van der Waals surface area contributed by atoms with Gasteiger partial charge in [0.05, 0.1) is 5.56 Å². The Morgan fingerprint density at radius 1 is 1.03 bits per heavy atom. The van der Waals surface area contributed by atoms with E-state index in [1.165, 1.54) is 49.7 Å². The number of imide groups is 1. The molecule has 0 bridgehead atoms. The van der Waals surface area contributed by atoms with Gasteiger partial charge in [-0.15, -0.1) is 11.8 Å². The molecule has 2 aromatic rings. The first-order valence-electron chi connectivity index (χ1n) is 11.4. The summed E-state index contributed by atoms with van der Waals surface area (Å²) in [6.07, 6.45) is 3.90. The molecule has 0 aromatic heterocycles. The summed E-state index contributed by atoms with van der Waals surface area (Å²) in [7, 11) is 0. The maximum atomic E-state index is 12.9. The predicted molar refractivity (Wildman–Crippen MR) is 129 cm³/mol. The van der Waals surface area contributed by atoms with E-state index >= 15 is 0 Å². The van der Waals surface area contributed by atoms with Gasteiger partial charge in [-0.2, -0.15) is 0 Å². The smallest absolute Gasteiger partial charge is 0.322 e. The molecule has 0 aliphatic carbocycles. The third kappa shape index (κ3) is 5.94. The largest absolute Gasteiger partial charge is 0.348 e. The van der Waals surface area contributed by atoms with Crippen LogP contribution in [-0.4, -0.2) is 47.1 Å². The minimum atomic E-state index is -0.999. The number of thioether (sulfide) groups is 1. The topological polar surface area (TPSA) is 90.5 Å². The van der Waals surface area contributed by atoms with Crippen molar-refractivity contribution in [2.45, 2.75) is 49.7 Å². The molecule has 7 nitrogen and oxygen atoms in total. The number of carbonyl (C=O) groups excluding carboxylic acids is 3. The lowest BCUT2D eigenvalue weighted by Crippen LogP contribution is -2.46. The molecule has 2 aliphatic rings. The van der Waals surface area contributed by atoms with Crippen molar-refractivity contribution in [3.63, 3.8) is 0 Å². The number of nitrogens with zero attached hydrogens (tertiary/aromatic N) is 1. The number of hydrogen-bond acceptors (Lipinski definition) is 5. The fourth-order valence-corrected chi connectivity index (χ4v) is 5.24. The van der Waals surface area contributed by atoms with Crippen molar-refractivity contribution in [3.05, 3.63) is 65.2 Å². The van der Waals surface area contributed by atoms with Crippen LogP contribution in [0.1, 0.15) is 47.7 Å². The number of carbonyl (C=O) groups is 3. The van der Waals surface area contributed by atoms with Crippen LogP contribution in [0.4, 0.5) is 4.79 Å². The van der Waals surface area contributed by atoms with Crippen molar-refractivity contribution in [2.24, 2.45) is 0 Å². The summed E-state index contributed by atoms with van der Waals surface area (Å²) in [6, 6.07) is 15.2. The summed E-state index contributed by atoms with van der Waals surface area (Å²) in [4.78, 5) is 39.7. The Balaban J connectivity index is 1.32. The third-order valence-corrected chi connectivity index (χ3v) is 7.49. The van der Waals surface area contributed by atoms with Gasteiger partial charge < -0.3 is 10.6 Å². The molecule has 1 unspecified atom stereocenters. The molecule has 2 heterocycles. The second-order valence-corrected chi connectivity index (χ2v) is 9.88. The first kappa shape index (κ1) is 23.3. The summed E-state index contributed by atoms with van der Waals surface area (Å²) < 4.78 is 0. The van der Waals surface area contributed by atoms with E-state index in [0.29, 0.717) is 17.9 Å². The normalized spacial score (nSPS) is 20.9. The van der Waals surface area contributed by atoms with Crippen LogP contribution >= 0.6 is 11.8 Å². The Bertz CT molecular complexity index is 1020. The van der Waals surface area contributed by atoms with E-state index in [1.54, 1.807) is 13.0 Å². The lowest BCUT2D eigenvalue weighted by atomic mass is 10.1. The van der Waals surface area contributed by atoms with E-state index in [0.717, 1.165) is 17.0 Å². The minimum absolute atomic E-state index is 0.166. The first-order valence-corrected chi connectivity index (χ1v) is 12.4. The Morgan fingerprint density at radius 3 is 2.42 bits per heavy atom. The Kier molecular flexibility index (Phi) is 7.35. The average Bonchev–Trinajstić information content (AvgIpc) is 3.09.